The number of amides is 1. The Labute approximate surface area is 182 Å². The van der Waals surface area contributed by atoms with Gasteiger partial charge in [0.25, 0.3) is 0 Å². The molecule has 8 heteroatoms. The Balaban J connectivity index is 1.97. The Kier molecular flexibility index (Phi) is 7.28. The van der Waals surface area contributed by atoms with Gasteiger partial charge in [0.1, 0.15) is 0 Å². The Morgan fingerprint density at radius 1 is 0.839 bits per heavy atom. The Bertz CT molecular complexity index is 1120. The Morgan fingerprint density at radius 3 is 2.03 bits per heavy atom. The summed E-state index contributed by atoms with van der Waals surface area (Å²) in [4.78, 5) is 10.7. The van der Waals surface area contributed by atoms with Gasteiger partial charge in [-0.3, -0.25) is 4.79 Å². The molecule has 3 rings (SSSR count). The highest BCUT2D eigenvalue weighted by Gasteiger charge is 2.26. The SMILES string of the molecule is COc1ccc(S(=O)(=O)N(Cc2ccccc2)Cc2ccc(NC=O)cc2)cc1OC. The zero-order valence-electron chi connectivity index (χ0n) is 17.3. The van der Waals surface area contributed by atoms with Crippen molar-refractivity contribution < 1.29 is 22.7 Å². The van der Waals surface area contributed by atoms with Gasteiger partial charge in [-0.2, -0.15) is 4.31 Å². The van der Waals surface area contributed by atoms with E-state index in [0.29, 0.717) is 23.6 Å². The van der Waals surface area contributed by atoms with Crippen LogP contribution in [0.4, 0.5) is 5.69 Å². The molecule has 0 atom stereocenters. The van der Waals surface area contributed by atoms with E-state index in [2.05, 4.69) is 5.32 Å². The van der Waals surface area contributed by atoms with Crippen LogP contribution in [-0.2, 0) is 27.9 Å². The predicted octanol–water partition coefficient (Wildman–Crippen LogP) is 3.66. The molecule has 0 bridgehead atoms. The number of nitrogens with zero attached hydrogens (tertiary/aromatic N) is 1. The second-order valence-electron chi connectivity index (χ2n) is 6.73. The van der Waals surface area contributed by atoms with Gasteiger partial charge in [-0.1, -0.05) is 42.5 Å². The zero-order chi connectivity index (χ0) is 22.3. The fourth-order valence-electron chi connectivity index (χ4n) is 3.12. The third kappa shape index (κ3) is 5.42. The van der Waals surface area contributed by atoms with E-state index >= 15 is 0 Å². The lowest BCUT2D eigenvalue weighted by molar-refractivity contribution is -0.105. The number of rotatable bonds is 10. The summed E-state index contributed by atoms with van der Waals surface area (Å²) in [7, 11) is -0.889. The quantitative estimate of drug-likeness (QED) is 0.487. The molecular weight excluding hydrogens is 416 g/mol. The third-order valence-corrected chi connectivity index (χ3v) is 6.52. The van der Waals surface area contributed by atoms with E-state index < -0.39 is 10.0 Å². The lowest BCUT2D eigenvalue weighted by Gasteiger charge is -2.23. The minimum absolute atomic E-state index is 0.111. The number of anilines is 1. The highest BCUT2D eigenvalue weighted by atomic mass is 32.2. The van der Waals surface area contributed by atoms with Crippen LogP contribution in [0.15, 0.2) is 77.7 Å². The van der Waals surface area contributed by atoms with Gasteiger partial charge in [0.15, 0.2) is 11.5 Å². The second kappa shape index (κ2) is 10.1. The molecule has 0 spiro atoms. The molecule has 1 amide bonds. The smallest absolute Gasteiger partial charge is 0.243 e. The molecule has 0 aliphatic heterocycles. The normalized spacial score (nSPS) is 11.2. The molecule has 0 saturated heterocycles. The summed E-state index contributed by atoms with van der Waals surface area (Å²) in [6, 6.07) is 21.0. The predicted molar refractivity (Wildman–Crippen MR) is 119 cm³/mol. The number of carbonyl (C=O) groups is 1. The summed E-state index contributed by atoms with van der Waals surface area (Å²) in [5.74, 6) is 0.793. The summed E-state index contributed by atoms with van der Waals surface area (Å²) in [6.07, 6.45) is 0.595. The molecule has 0 fully saturated rings. The van der Waals surface area contributed by atoms with Gasteiger partial charge < -0.3 is 14.8 Å². The van der Waals surface area contributed by atoms with E-state index in [1.54, 1.807) is 30.3 Å². The number of methoxy groups -OCH3 is 2. The van der Waals surface area contributed by atoms with Gasteiger partial charge in [0.05, 0.1) is 19.1 Å². The first-order chi connectivity index (χ1) is 15.0. The monoisotopic (exact) mass is 440 g/mol. The largest absolute Gasteiger partial charge is 0.493 e. The Morgan fingerprint density at radius 2 is 1.45 bits per heavy atom. The molecule has 0 aromatic heterocycles. The van der Waals surface area contributed by atoms with Gasteiger partial charge >= 0.3 is 0 Å². The number of hydrogen-bond acceptors (Lipinski definition) is 5. The van der Waals surface area contributed by atoms with Crippen molar-refractivity contribution in [3.8, 4) is 11.5 Å². The lowest BCUT2D eigenvalue weighted by atomic mass is 10.2. The van der Waals surface area contributed by atoms with Crippen LogP contribution in [0.2, 0.25) is 0 Å². The van der Waals surface area contributed by atoms with Gasteiger partial charge in [0, 0.05) is 24.8 Å². The van der Waals surface area contributed by atoms with E-state index in [-0.39, 0.29) is 18.0 Å². The topological polar surface area (TPSA) is 84.9 Å². The standard InChI is InChI=1S/C23H24N2O5S/c1-29-22-13-12-21(14-23(22)30-2)31(27,28)25(15-18-6-4-3-5-7-18)16-19-8-10-20(11-9-19)24-17-26/h3-14,17H,15-16H2,1-2H3,(H,24,26). The van der Waals surface area contributed by atoms with Crippen molar-refractivity contribution in [2.24, 2.45) is 0 Å². The first kappa shape index (κ1) is 22.3. The maximum atomic E-state index is 13.5. The number of ether oxygens (including phenoxy) is 2. The van der Waals surface area contributed by atoms with Crippen molar-refractivity contribution in [1.82, 2.24) is 4.31 Å². The van der Waals surface area contributed by atoms with Crippen LogP contribution in [0.25, 0.3) is 0 Å². The summed E-state index contributed by atoms with van der Waals surface area (Å²) in [5.41, 5.74) is 2.29. The molecule has 0 radical (unpaired) electrons. The maximum Gasteiger partial charge on any atom is 0.243 e. The summed E-state index contributed by atoms with van der Waals surface area (Å²) in [6.45, 7) is 0.360. The highest BCUT2D eigenvalue weighted by Crippen LogP contribution is 2.31. The van der Waals surface area contributed by atoms with Gasteiger partial charge in [-0.25, -0.2) is 8.42 Å². The first-order valence-corrected chi connectivity index (χ1v) is 11.0. The van der Waals surface area contributed by atoms with E-state index in [0.717, 1.165) is 11.1 Å². The average molecular weight is 441 g/mol. The number of nitrogens with one attached hydrogen (secondary N) is 1. The summed E-state index contributed by atoms with van der Waals surface area (Å²) < 4.78 is 39.0. The minimum Gasteiger partial charge on any atom is -0.493 e. The molecule has 0 unspecified atom stereocenters. The van der Waals surface area contributed by atoms with Crippen LogP contribution < -0.4 is 14.8 Å². The molecule has 162 valence electrons. The van der Waals surface area contributed by atoms with E-state index in [1.165, 1.54) is 30.7 Å². The molecule has 0 heterocycles. The van der Waals surface area contributed by atoms with E-state index in [1.807, 2.05) is 30.3 Å². The van der Waals surface area contributed by atoms with Gasteiger partial charge in [-0.15, -0.1) is 0 Å². The van der Waals surface area contributed by atoms with Crippen molar-refractivity contribution in [2.45, 2.75) is 18.0 Å². The third-order valence-electron chi connectivity index (χ3n) is 4.73. The van der Waals surface area contributed by atoms with Gasteiger partial charge in [-0.05, 0) is 35.4 Å². The minimum atomic E-state index is -3.85. The van der Waals surface area contributed by atoms with Crippen LogP contribution in [0.1, 0.15) is 11.1 Å². The average Bonchev–Trinajstić information content (AvgIpc) is 2.80. The maximum absolute atomic E-state index is 13.5. The molecule has 31 heavy (non-hydrogen) atoms. The molecule has 3 aromatic carbocycles. The van der Waals surface area contributed by atoms with Crippen molar-refractivity contribution in [3.63, 3.8) is 0 Å². The van der Waals surface area contributed by atoms with Crippen molar-refractivity contribution >= 4 is 22.1 Å². The summed E-state index contributed by atoms with van der Waals surface area (Å²) >= 11 is 0. The van der Waals surface area contributed by atoms with Crippen LogP contribution in [0, 0.1) is 0 Å². The number of sulfonamides is 1. The van der Waals surface area contributed by atoms with Crippen LogP contribution in [0.3, 0.4) is 0 Å². The van der Waals surface area contributed by atoms with Crippen LogP contribution in [0.5, 0.6) is 11.5 Å². The fraction of sp³-hybridized carbons (Fsp3) is 0.174. The molecule has 0 aliphatic rings. The van der Waals surface area contributed by atoms with Crippen molar-refractivity contribution in [2.75, 3.05) is 19.5 Å². The van der Waals surface area contributed by atoms with Crippen LogP contribution >= 0.6 is 0 Å². The molecule has 0 aliphatic carbocycles. The van der Waals surface area contributed by atoms with E-state index in [9.17, 15) is 13.2 Å². The molecule has 3 aromatic rings. The van der Waals surface area contributed by atoms with E-state index in [4.69, 9.17) is 9.47 Å². The van der Waals surface area contributed by atoms with Crippen molar-refractivity contribution in [1.29, 1.82) is 0 Å². The number of hydrogen-bond donors (Lipinski definition) is 1. The van der Waals surface area contributed by atoms with Crippen molar-refractivity contribution in [3.05, 3.63) is 83.9 Å². The highest BCUT2D eigenvalue weighted by molar-refractivity contribution is 7.89. The molecule has 0 saturated carbocycles. The van der Waals surface area contributed by atoms with Gasteiger partial charge in [0.2, 0.25) is 16.4 Å². The molecule has 7 nitrogen and oxygen atoms in total. The molecule has 1 N–H and O–H groups in total. The summed E-state index contributed by atoms with van der Waals surface area (Å²) in [5, 5.41) is 2.57. The molecular formula is C23H24N2O5S. The zero-order valence-corrected chi connectivity index (χ0v) is 18.1. The van der Waals surface area contributed by atoms with Crippen LogP contribution in [-0.4, -0.2) is 33.4 Å². The Hall–Kier alpha value is -3.36. The lowest BCUT2D eigenvalue weighted by Crippen LogP contribution is -2.30. The first-order valence-electron chi connectivity index (χ1n) is 9.53. The number of carbonyl (C=O) groups excluding carboxylic acids is 1. The second-order valence-corrected chi connectivity index (χ2v) is 8.67. The number of benzene rings is 3. The fourth-order valence-corrected chi connectivity index (χ4v) is 4.55.